The molecule has 2 aromatic carbocycles. The van der Waals surface area contributed by atoms with Gasteiger partial charge in [-0.3, -0.25) is 34.4 Å². The van der Waals surface area contributed by atoms with Crippen molar-refractivity contribution in [2.24, 2.45) is 11.1 Å². The summed E-state index contributed by atoms with van der Waals surface area (Å²) < 4.78 is 53.8. The Labute approximate surface area is 387 Å². The molecule has 6 aliphatic rings. The average Bonchev–Trinajstić information content (AvgIpc) is 3.93. The van der Waals surface area contributed by atoms with Crippen molar-refractivity contribution >= 4 is 52.3 Å². The minimum absolute atomic E-state index is 0.0499. The van der Waals surface area contributed by atoms with E-state index in [0.29, 0.717) is 75.5 Å². The van der Waals surface area contributed by atoms with E-state index >= 15 is 13.2 Å². The first-order valence-electron chi connectivity index (χ1n) is 23.5. The summed E-state index contributed by atoms with van der Waals surface area (Å²) in [6.07, 6.45) is 10.1. The number of benzene rings is 2. The van der Waals surface area contributed by atoms with E-state index in [1.165, 1.54) is 53.9 Å². The van der Waals surface area contributed by atoms with Crippen LogP contribution in [0.4, 0.5) is 40.8 Å². The fourth-order valence-electron chi connectivity index (χ4n) is 10.8. The van der Waals surface area contributed by atoms with Crippen molar-refractivity contribution in [2.45, 2.75) is 95.7 Å². The van der Waals surface area contributed by atoms with Crippen LogP contribution in [0.1, 0.15) is 95.3 Å². The number of carbonyl (C=O) groups is 4. The van der Waals surface area contributed by atoms with Gasteiger partial charge in [-0.1, -0.05) is 12.1 Å². The van der Waals surface area contributed by atoms with Gasteiger partial charge in [0.25, 0.3) is 17.7 Å². The number of ether oxygens (including phenoxy) is 1. The lowest BCUT2D eigenvalue weighted by Crippen LogP contribution is -2.60. The van der Waals surface area contributed by atoms with E-state index in [4.69, 9.17) is 15.6 Å². The number of halogens is 3. The molecule has 1 aliphatic carbocycles. The van der Waals surface area contributed by atoms with Crippen LogP contribution in [0, 0.1) is 18.2 Å². The van der Waals surface area contributed by atoms with Gasteiger partial charge in [0.15, 0.2) is 11.5 Å². The minimum atomic E-state index is -2.90. The summed E-state index contributed by atoms with van der Waals surface area (Å²) in [5, 5.41) is 10.1. The fourth-order valence-corrected chi connectivity index (χ4v) is 10.8. The number of nitrogens with one attached hydrogen (secondary N) is 2. The molecule has 7 heterocycles. The molecule has 19 heteroatoms. The number of hydrogen-bond donors (Lipinski definition) is 3. The first-order valence-corrected chi connectivity index (χ1v) is 23.5. The second kappa shape index (κ2) is 18.7. The van der Waals surface area contributed by atoms with Gasteiger partial charge in [0.05, 0.1) is 36.3 Å². The molecule has 10 rings (SSSR count). The van der Waals surface area contributed by atoms with Gasteiger partial charge < -0.3 is 25.6 Å². The number of amides is 5. The molecule has 1 spiro atoms. The number of methoxy groups -OCH3 is 1. The summed E-state index contributed by atoms with van der Waals surface area (Å²) in [7, 11) is 3.55. The van der Waals surface area contributed by atoms with Crippen molar-refractivity contribution < 1.29 is 37.1 Å². The summed E-state index contributed by atoms with van der Waals surface area (Å²) >= 11 is 0. The van der Waals surface area contributed by atoms with E-state index in [1.807, 2.05) is 34.1 Å². The van der Waals surface area contributed by atoms with Gasteiger partial charge in [-0.2, -0.15) is 0 Å². The average molecular weight is 928 g/mol. The van der Waals surface area contributed by atoms with Crippen molar-refractivity contribution in [3.8, 4) is 0 Å². The number of nitrogens with two attached hydrogens (primary N) is 1. The lowest BCUT2D eigenvalue weighted by molar-refractivity contribution is -0.139. The molecule has 1 unspecified atom stereocenters. The maximum absolute atomic E-state index is 16.1. The van der Waals surface area contributed by atoms with Crippen LogP contribution in [0.3, 0.4) is 0 Å². The molecule has 0 radical (unpaired) electrons. The highest BCUT2D eigenvalue weighted by molar-refractivity contribution is 6.06. The first kappa shape index (κ1) is 46.3. The van der Waals surface area contributed by atoms with Crippen LogP contribution < -0.4 is 26.2 Å². The van der Waals surface area contributed by atoms with Crippen LogP contribution in [0.25, 0.3) is 5.65 Å². The largest absolute Gasteiger partial charge is 0.385 e. The quantitative estimate of drug-likeness (QED) is 0.183. The highest BCUT2D eigenvalue weighted by atomic mass is 19.3. The number of aromatic nitrogens is 3. The van der Waals surface area contributed by atoms with Crippen LogP contribution in [0.5, 0.6) is 0 Å². The van der Waals surface area contributed by atoms with Crippen molar-refractivity contribution in [1.29, 1.82) is 0 Å². The molecular formula is C48H60F3N11O5. The van der Waals surface area contributed by atoms with E-state index in [2.05, 4.69) is 20.5 Å². The zero-order valence-electron chi connectivity index (χ0n) is 38.5. The summed E-state index contributed by atoms with van der Waals surface area (Å²) in [6.45, 7) is 4.98. The van der Waals surface area contributed by atoms with E-state index in [1.54, 1.807) is 19.1 Å². The van der Waals surface area contributed by atoms with Gasteiger partial charge in [-0.25, -0.2) is 27.5 Å². The van der Waals surface area contributed by atoms with E-state index < -0.39 is 35.6 Å². The number of likely N-dealkylation sites (tertiary alicyclic amines) is 3. The number of anilines is 4. The first-order chi connectivity index (χ1) is 32.2. The molecule has 358 valence electrons. The normalized spacial score (nSPS) is 22.0. The number of imidazole rings is 1. The van der Waals surface area contributed by atoms with Crippen LogP contribution in [-0.4, -0.2) is 138 Å². The second-order valence-electron chi connectivity index (χ2n) is 19.0. The molecular weight excluding hydrogens is 868 g/mol. The number of alkyl halides is 2. The number of carbonyl (C=O) groups excluding carboxylic acids is 4. The lowest BCUT2D eigenvalue weighted by atomic mass is 9.70. The Morgan fingerprint density at radius 2 is 1.67 bits per heavy atom. The van der Waals surface area contributed by atoms with Crippen LogP contribution >= 0.6 is 0 Å². The maximum atomic E-state index is 16.1. The lowest BCUT2D eigenvalue weighted by Gasteiger charge is -2.51. The van der Waals surface area contributed by atoms with Gasteiger partial charge in [0.1, 0.15) is 11.5 Å². The van der Waals surface area contributed by atoms with Gasteiger partial charge in [-0.05, 0) is 113 Å². The summed E-state index contributed by atoms with van der Waals surface area (Å²) in [5.74, 6) is -4.25. The molecule has 1 saturated carbocycles. The Morgan fingerprint density at radius 3 is 2.31 bits per heavy atom. The number of piperidine rings is 3. The maximum Gasteiger partial charge on any atom is 0.328 e. The monoisotopic (exact) mass is 927 g/mol. The third-order valence-electron chi connectivity index (χ3n) is 15.1. The van der Waals surface area contributed by atoms with Crippen molar-refractivity contribution in [3.05, 3.63) is 76.4 Å². The zero-order valence-corrected chi connectivity index (χ0v) is 38.5. The Hall–Kier alpha value is -5.79. The predicted octanol–water partition coefficient (Wildman–Crippen LogP) is 5.87. The summed E-state index contributed by atoms with van der Waals surface area (Å²) in [4.78, 5) is 63.2. The molecule has 5 amide bonds. The van der Waals surface area contributed by atoms with Crippen molar-refractivity contribution in [3.63, 3.8) is 0 Å². The minimum Gasteiger partial charge on any atom is -0.385 e. The van der Waals surface area contributed by atoms with Crippen LogP contribution in [0.2, 0.25) is 0 Å². The Bertz CT molecular complexity index is 2550. The molecule has 5 fully saturated rings. The number of primary amides is 1. The SMILES string of the molecule is CNc1cc(N2CCc3c(CN4CCC(N5CCC6(CCN(C(=O)c7cc(F)c(C)c(N8CCC(=O)NC8=O)c7)CC6)CC5)C(F)(F)C4)cccc32)nn2c(C(N)=O)cnc12.COC1CCC1. The third kappa shape index (κ3) is 9.16. The van der Waals surface area contributed by atoms with Gasteiger partial charge >= 0.3 is 6.03 Å². The van der Waals surface area contributed by atoms with Crippen molar-refractivity contribution in [2.75, 3.05) is 81.6 Å². The number of imide groups is 1. The summed E-state index contributed by atoms with van der Waals surface area (Å²) in [5.41, 5.74) is 10.6. The Balaban J connectivity index is 0.000000870. The molecule has 5 aliphatic heterocycles. The Kier molecular flexibility index (Phi) is 12.9. The molecule has 67 heavy (non-hydrogen) atoms. The second-order valence-corrected chi connectivity index (χ2v) is 19.0. The van der Waals surface area contributed by atoms with Gasteiger partial charge in [0.2, 0.25) is 5.91 Å². The Morgan fingerprint density at radius 1 is 0.940 bits per heavy atom. The molecule has 4 N–H and O–H groups in total. The molecule has 1 atom stereocenters. The highest BCUT2D eigenvalue weighted by Gasteiger charge is 2.50. The predicted molar refractivity (Wildman–Crippen MR) is 246 cm³/mol. The standard InChI is InChI=1S/C43H50F3N11O4.C5H10O/c1-26-30(44)20-28(21-33(26)56-15-8-37(58)50-41(56)61)40(60)54-18-11-42(12-19-54)9-16-53(17-10-42)35-7-13-52(25-43(35,45)46)24-27-4-3-5-32-29(27)6-14-55(32)36-22-31(48-2)39-49-23-34(38(47)59)57(39)51-36;1-6-5-3-2-4-5/h3-5,20-23,35,48H,6-19,24-25H2,1-2H3,(H2,47,59)(H,50,58,61);5H,2-4H2,1H3. The summed E-state index contributed by atoms with van der Waals surface area (Å²) in [6, 6.07) is 9.09. The number of urea groups is 1. The van der Waals surface area contributed by atoms with Crippen LogP contribution in [-0.2, 0) is 22.5 Å². The number of nitrogens with zero attached hydrogens (tertiary/aromatic N) is 8. The number of fused-ring (bicyclic) bond motifs is 2. The van der Waals surface area contributed by atoms with E-state index in [-0.39, 0.29) is 53.3 Å². The van der Waals surface area contributed by atoms with E-state index in [9.17, 15) is 19.2 Å². The van der Waals surface area contributed by atoms with Crippen LogP contribution in [0.15, 0.2) is 42.6 Å². The molecule has 2 aromatic heterocycles. The smallest absolute Gasteiger partial charge is 0.328 e. The van der Waals surface area contributed by atoms with Crippen molar-refractivity contribution in [1.82, 2.24) is 34.6 Å². The zero-order chi connectivity index (χ0) is 47.2. The molecule has 16 nitrogen and oxygen atoms in total. The number of hydrogen-bond acceptors (Lipinski definition) is 11. The molecule has 4 aromatic rings. The van der Waals surface area contributed by atoms with Gasteiger partial charge in [0, 0.05) is 82.7 Å². The van der Waals surface area contributed by atoms with Gasteiger partial charge in [-0.15, -0.1) is 5.10 Å². The third-order valence-corrected chi connectivity index (χ3v) is 15.1. The topological polar surface area (TPSA) is 174 Å². The fraction of sp³-hybridized carbons (Fsp3) is 0.542. The number of rotatable bonds is 9. The molecule has 4 saturated heterocycles. The highest BCUT2D eigenvalue weighted by Crippen LogP contribution is 2.45. The van der Waals surface area contributed by atoms with E-state index in [0.717, 1.165) is 48.9 Å². The molecule has 0 bridgehead atoms.